The van der Waals surface area contributed by atoms with Gasteiger partial charge in [0.15, 0.2) is 0 Å². The highest BCUT2D eigenvalue weighted by Crippen LogP contribution is 2.13. The first kappa shape index (κ1) is 10.8. The van der Waals surface area contributed by atoms with Crippen molar-refractivity contribution in [2.24, 2.45) is 0 Å². The molecule has 0 N–H and O–H groups in total. The number of likely N-dealkylation sites (tertiary alicyclic amines) is 1. The van der Waals surface area contributed by atoms with E-state index in [1.165, 1.54) is 7.11 Å². The van der Waals surface area contributed by atoms with E-state index in [2.05, 4.69) is 4.74 Å². The Kier molecular flexibility index (Phi) is 3.68. The minimum absolute atomic E-state index is 0.0832. The minimum atomic E-state index is -0.354. The van der Waals surface area contributed by atoms with E-state index in [1.54, 1.807) is 11.1 Å². The maximum absolute atomic E-state index is 11.3. The van der Waals surface area contributed by atoms with E-state index >= 15 is 0 Å². The van der Waals surface area contributed by atoms with Gasteiger partial charge in [0.2, 0.25) is 5.91 Å². The molecule has 1 saturated heterocycles. The normalized spacial score (nSPS) is 17.4. The quantitative estimate of drug-likeness (QED) is 0.502. The van der Waals surface area contributed by atoms with E-state index in [0.717, 1.165) is 6.42 Å². The van der Waals surface area contributed by atoms with E-state index in [9.17, 15) is 9.59 Å². The van der Waals surface area contributed by atoms with Gasteiger partial charge in [0, 0.05) is 19.2 Å². The van der Waals surface area contributed by atoms with Crippen molar-refractivity contribution in [1.82, 2.24) is 4.90 Å². The number of esters is 1. The molecule has 0 aliphatic carbocycles. The highest BCUT2D eigenvalue weighted by Gasteiger charge is 2.20. The predicted octanol–water partition coefficient (Wildman–Crippen LogP) is 1.08. The third-order valence-corrected chi connectivity index (χ3v) is 2.25. The van der Waals surface area contributed by atoms with Gasteiger partial charge in [0.1, 0.15) is 0 Å². The molecule has 0 aromatic heterocycles. The van der Waals surface area contributed by atoms with Gasteiger partial charge < -0.3 is 9.64 Å². The number of carbonyl (C=O) groups is 2. The zero-order valence-electron chi connectivity index (χ0n) is 8.58. The molecular weight excluding hydrogens is 182 g/mol. The van der Waals surface area contributed by atoms with Crippen molar-refractivity contribution in [1.29, 1.82) is 0 Å². The Morgan fingerprint density at radius 2 is 2.36 bits per heavy atom. The molecule has 4 nitrogen and oxygen atoms in total. The summed E-state index contributed by atoms with van der Waals surface area (Å²) in [5.74, 6) is -0.271. The monoisotopic (exact) mass is 197 g/mol. The summed E-state index contributed by atoms with van der Waals surface area (Å²) in [4.78, 5) is 24.1. The minimum Gasteiger partial charge on any atom is -0.466 e. The van der Waals surface area contributed by atoms with Crippen LogP contribution in [-0.2, 0) is 14.3 Å². The highest BCUT2D eigenvalue weighted by atomic mass is 16.5. The van der Waals surface area contributed by atoms with Gasteiger partial charge in [-0.1, -0.05) is 6.92 Å². The summed E-state index contributed by atoms with van der Waals surface area (Å²) in [5.41, 5.74) is 0.544. The number of amides is 1. The summed E-state index contributed by atoms with van der Waals surface area (Å²) >= 11 is 0. The number of hydrogen-bond donors (Lipinski definition) is 0. The second-order valence-electron chi connectivity index (χ2n) is 3.19. The van der Waals surface area contributed by atoms with Gasteiger partial charge in [-0.05, 0) is 12.8 Å². The van der Waals surface area contributed by atoms with Crippen LogP contribution in [0.4, 0.5) is 0 Å². The lowest BCUT2D eigenvalue weighted by Gasteiger charge is -2.11. The van der Waals surface area contributed by atoms with Crippen LogP contribution in [0.5, 0.6) is 0 Å². The summed E-state index contributed by atoms with van der Waals surface area (Å²) in [6, 6.07) is 0. The smallest absolute Gasteiger partial charge is 0.335 e. The maximum atomic E-state index is 11.3. The van der Waals surface area contributed by atoms with E-state index < -0.39 is 0 Å². The van der Waals surface area contributed by atoms with Gasteiger partial charge in [0.05, 0.1) is 12.7 Å². The van der Waals surface area contributed by atoms with Crippen LogP contribution >= 0.6 is 0 Å². The van der Waals surface area contributed by atoms with E-state index in [4.69, 9.17) is 0 Å². The standard InChI is InChI=1S/C10H15NO3/c1-3-8(10(13)14-2)7-11-6-4-5-9(11)12/h7H,3-6H2,1-2H3/b8-7+. The fourth-order valence-electron chi connectivity index (χ4n) is 1.41. The van der Waals surface area contributed by atoms with Gasteiger partial charge in [0.25, 0.3) is 0 Å². The molecule has 78 valence electrons. The summed E-state index contributed by atoms with van der Waals surface area (Å²) in [5, 5.41) is 0. The third-order valence-electron chi connectivity index (χ3n) is 2.25. The van der Waals surface area contributed by atoms with Crippen LogP contribution in [0.25, 0.3) is 0 Å². The lowest BCUT2D eigenvalue weighted by molar-refractivity contribution is -0.136. The summed E-state index contributed by atoms with van der Waals surface area (Å²) in [6.45, 7) is 2.57. The van der Waals surface area contributed by atoms with Crippen LogP contribution < -0.4 is 0 Å². The lowest BCUT2D eigenvalue weighted by atomic mass is 10.2. The molecular formula is C10H15NO3. The molecule has 0 bridgehead atoms. The van der Waals surface area contributed by atoms with Gasteiger partial charge in [-0.15, -0.1) is 0 Å². The molecule has 0 radical (unpaired) electrons. The van der Waals surface area contributed by atoms with Crippen molar-refractivity contribution in [3.63, 3.8) is 0 Å². The molecule has 1 rings (SSSR count). The third kappa shape index (κ3) is 2.34. The van der Waals surface area contributed by atoms with Crippen molar-refractivity contribution >= 4 is 11.9 Å². The second-order valence-corrected chi connectivity index (χ2v) is 3.19. The SMILES string of the molecule is CC/C(=C\N1CCCC1=O)C(=O)OC. The Balaban J connectivity index is 2.72. The van der Waals surface area contributed by atoms with Crippen LogP contribution in [0.3, 0.4) is 0 Å². The van der Waals surface area contributed by atoms with E-state index in [1.807, 2.05) is 6.92 Å². The van der Waals surface area contributed by atoms with Crippen molar-refractivity contribution < 1.29 is 14.3 Å². The molecule has 0 aromatic carbocycles. The first-order chi connectivity index (χ1) is 6.69. The molecule has 1 aliphatic heterocycles. The number of methoxy groups -OCH3 is 1. The van der Waals surface area contributed by atoms with E-state index in [-0.39, 0.29) is 11.9 Å². The first-order valence-electron chi connectivity index (χ1n) is 4.77. The molecule has 0 unspecified atom stereocenters. The van der Waals surface area contributed by atoms with Crippen LogP contribution in [0.15, 0.2) is 11.8 Å². The number of ether oxygens (including phenoxy) is 1. The van der Waals surface area contributed by atoms with Crippen molar-refractivity contribution in [3.8, 4) is 0 Å². The number of rotatable bonds is 3. The zero-order chi connectivity index (χ0) is 10.6. The predicted molar refractivity (Wildman–Crippen MR) is 51.3 cm³/mol. The first-order valence-corrected chi connectivity index (χ1v) is 4.77. The molecule has 14 heavy (non-hydrogen) atoms. The Labute approximate surface area is 83.5 Å². The topological polar surface area (TPSA) is 46.6 Å². The molecule has 1 heterocycles. The van der Waals surface area contributed by atoms with Crippen LogP contribution in [0.2, 0.25) is 0 Å². The Morgan fingerprint density at radius 1 is 1.64 bits per heavy atom. The van der Waals surface area contributed by atoms with Gasteiger partial charge >= 0.3 is 5.97 Å². The molecule has 0 aromatic rings. The number of hydrogen-bond acceptors (Lipinski definition) is 3. The van der Waals surface area contributed by atoms with Crippen LogP contribution in [-0.4, -0.2) is 30.4 Å². The van der Waals surface area contributed by atoms with Gasteiger partial charge in [-0.25, -0.2) is 4.79 Å². The average molecular weight is 197 g/mol. The lowest BCUT2D eigenvalue weighted by Crippen LogP contribution is -2.20. The fourth-order valence-corrected chi connectivity index (χ4v) is 1.41. The molecule has 0 saturated carbocycles. The summed E-state index contributed by atoms with van der Waals surface area (Å²) < 4.78 is 4.60. The van der Waals surface area contributed by atoms with Crippen LogP contribution in [0.1, 0.15) is 26.2 Å². The van der Waals surface area contributed by atoms with E-state index in [0.29, 0.717) is 25.0 Å². The average Bonchev–Trinajstić information content (AvgIpc) is 2.59. The molecule has 1 fully saturated rings. The Hall–Kier alpha value is -1.32. The van der Waals surface area contributed by atoms with Gasteiger partial charge in [-0.3, -0.25) is 4.79 Å². The Bertz CT molecular complexity index is 271. The van der Waals surface area contributed by atoms with Crippen molar-refractivity contribution in [3.05, 3.63) is 11.8 Å². The van der Waals surface area contributed by atoms with Crippen LogP contribution in [0, 0.1) is 0 Å². The second kappa shape index (κ2) is 4.79. The molecule has 4 heteroatoms. The largest absolute Gasteiger partial charge is 0.466 e. The van der Waals surface area contributed by atoms with Crippen molar-refractivity contribution in [2.45, 2.75) is 26.2 Å². The number of nitrogens with zero attached hydrogens (tertiary/aromatic N) is 1. The highest BCUT2D eigenvalue weighted by molar-refractivity contribution is 5.89. The van der Waals surface area contributed by atoms with Gasteiger partial charge in [-0.2, -0.15) is 0 Å². The molecule has 0 atom stereocenters. The zero-order valence-corrected chi connectivity index (χ0v) is 8.58. The molecule has 0 spiro atoms. The molecule has 1 aliphatic rings. The fraction of sp³-hybridized carbons (Fsp3) is 0.600. The Morgan fingerprint density at radius 3 is 2.79 bits per heavy atom. The maximum Gasteiger partial charge on any atom is 0.335 e. The number of carbonyl (C=O) groups excluding carboxylic acids is 2. The summed E-state index contributed by atoms with van der Waals surface area (Å²) in [7, 11) is 1.34. The molecule has 1 amide bonds. The van der Waals surface area contributed by atoms with Crippen molar-refractivity contribution in [2.75, 3.05) is 13.7 Å². The summed E-state index contributed by atoms with van der Waals surface area (Å²) in [6.07, 6.45) is 3.64.